The molecule has 0 saturated heterocycles. The van der Waals surface area contributed by atoms with E-state index in [1.54, 1.807) is 0 Å². The normalized spacial score (nSPS) is 12.2. The zero-order chi connectivity index (χ0) is 17.2. The van der Waals surface area contributed by atoms with Gasteiger partial charge in [-0.1, -0.05) is 60.7 Å². The standard InChI is InChI=1S/C21H20N4/c1-15-13-20(24-16(2)17-9-5-3-6-10-17)25-21(23-15)19(14-22-25)18-11-7-4-8-12-18/h3-14,16,24H,1-2H3/t16-/m1/s1. The van der Waals surface area contributed by atoms with Crippen LogP contribution < -0.4 is 5.32 Å². The number of benzene rings is 2. The zero-order valence-electron chi connectivity index (χ0n) is 14.3. The average molecular weight is 328 g/mol. The van der Waals surface area contributed by atoms with Crippen LogP contribution in [-0.4, -0.2) is 14.6 Å². The van der Waals surface area contributed by atoms with Gasteiger partial charge < -0.3 is 5.32 Å². The van der Waals surface area contributed by atoms with Crippen molar-refractivity contribution >= 4 is 11.5 Å². The third-order valence-corrected chi connectivity index (χ3v) is 4.35. The summed E-state index contributed by atoms with van der Waals surface area (Å²) in [4.78, 5) is 4.71. The molecule has 0 unspecified atom stereocenters. The molecule has 0 saturated carbocycles. The number of rotatable bonds is 4. The molecule has 1 atom stereocenters. The van der Waals surface area contributed by atoms with Crippen LogP contribution in [0.15, 0.2) is 72.9 Å². The molecule has 124 valence electrons. The maximum atomic E-state index is 4.71. The molecule has 0 aliphatic carbocycles. The summed E-state index contributed by atoms with van der Waals surface area (Å²) in [6, 6.07) is 22.9. The predicted octanol–water partition coefficient (Wildman–Crippen LogP) is 4.88. The molecule has 0 fully saturated rings. The van der Waals surface area contributed by atoms with Gasteiger partial charge in [0.05, 0.1) is 6.20 Å². The fourth-order valence-corrected chi connectivity index (χ4v) is 3.06. The van der Waals surface area contributed by atoms with Gasteiger partial charge in [0.2, 0.25) is 0 Å². The molecule has 2 aromatic carbocycles. The van der Waals surface area contributed by atoms with Crippen LogP contribution >= 0.6 is 0 Å². The third-order valence-electron chi connectivity index (χ3n) is 4.35. The van der Waals surface area contributed by atoms with Crippen molar-refractivity contribution in [1.82, 2.24) is 14.6 Å². The van der Waals surface area contributed by atoms with Crippen molar-refractivity contribution in [3.8, 4) is 11.1 Å². The summed E-state index contributed by atoms with van der Waals surface area (Å²) in [6.07, 6.45) is 1.88. The summed E-state index contributed by atoms with van der Waals surface area (Å²) < 4.78 is 1.88. The quantitative estimate of drug-likeness (QED) is 0.580. The second-order valence-electron chi connectivity index (χ2n) is 6.22. The minimum absolute atomic E-state index is 0.176. The molecule has 4 aromatic rings. The minimum Gasteiger partial charge on any atom is -0.363 e. The highest BCUT2D eigenvalue weighted by molar-refractivity contribution is 5.78. The molecule has 0 spiro atoms. The number of hydrogen-bond acceptors (Lipinski definition) is 3. The molecule has 1 N–H and O–H groups in total. The van der Waals surface area contributed by atoms with Crippen LogP contribution in [0.2, 0.25) is 0 Å². The molecular weight excluding hydrogens is 308 g/mol. The number of hydrogen-bond donors (Lipinski definition) is 1. The lowest BCUT2D eigenvalue weighted by molar-refractivity contribution is 0.838. The van der Waals surface area contributed by atoms with Crippen molar-refractivity contribution in [3.05, 3.63) is 84.2 Å². The topological polar surface area (TPSA) is 42.2 Å². The maximum Gasteiger partial charge on any atom is 0.165 e. The number of aromatic nitrogens is 3. The van der Waals surface area contributed by atoms with Crippen LogP contribution in [0.4, 0.5) is 5.82 Å². The second-order valence-corrected chi connectivity index (χ2v) is 6.22. The molecule has 25 heavy (non-hydrogen) atoms. The molecule has 0 radical (unpaired) electrons. The largest absolute Gasteiger partial charge is 0.363 e. The van der Waals surface area contributed by atoms with Gasteiger partial charge in [-0.3, -0.25) is 0 Å². The molecule has 0 amide bonds. The number of aryl methyl sites for hydroxylation is 1. The first-order valence-electron chi connectivity index (χ1n) is 8.44. The highest BCUT2D eigenvalue weighted by atomic mass is 15.3. The molecular formula is C21H20N4. The SMILES string of the molecule is Cc1cc(N[C@H](C)c2ccccc2)n2ncc(-c3ccccc3)c2n1. The molecule has 2 aromatic heterocycles. The molecule has 2 heterocycles. The van der Waals surface area contributed by atoms with Crippen molar-refractivity contribution in [3.63, 3.8) is 0 Å². The lowest BCUT2D eigenvalue weighted by atomic mass is 10.1. The minimum atomic E-state index is 0.176. The van der Waals surface area contributed by atoms with E-state index in [1.165, 1.54) is 5.56 Å². The van der Waals surface area contributed by atoms with Crippen molar-refractivity contribution in [2.75, 3.05) is 5.32 Å². The zero-order valence-corrected chi connectivity index (χ0v) is 14.3. The number of nitrogens with one attached hydrogen (secondary N) is 1. The van der Waals surface area contributed by atoms with E-state index >= 15 is 0 Å². The van der Waals surface area contributed by atoms with E-state index in [9.17, 15) is 0 Å². The molecule has 4 nitrogen and oxygen atoms in total. The first-order chi connectivity index (χ1) is 12.2. The van der Waals surface area contributed by atoms with Gasteiger partial charge in [0.25, 0.3) is 0 Å². The average Bonchev–Trinajstić information content (AvgIpc) is 3.07. The predicted molar refractivity (Wildman–Crippen MR) is 102 cm³/mol. The highest BCUT2D eigenvalue weighted by Gasteiger charge is 2.13. The van der Waals surface area contributed by atoms with Crippen molar-refractivity contribution < 1.29 is 0 Å². The summed E-state index contributed by atoms with van der Waals surface area (Å²) in [5.74, 6) is 0.945. The van der Waals surface area contributed by atoms with Gasteiger partial charge >= 0.3 is 0 Å². The summed E-state index contributed by atoms with van der Waals surface area (Å²) in [6.45, 7) is 4.17. The van der Waals surface area contributed by atoms with Gasteiger partial charge in [0, 0.05) is 23.4 Å². The summed E-state index contributed by atoms with van der Waals surface area (Å²) in [5.41, 5.74) is 5.24. The first kappa shape index (κ1) is 15.4. The van der Waals surface area contributed by atoms with Gasteiger partial charge in [0.15, 0.2) is 5.65 Å². The Bertz CT molecular complexity index is 991. The van der Waals surface area contributed by atoms with Crippen molar-refractivity contribution in [2.24, 2.45) is 0 Å². The molecule has 0 aliphatic rings. The maximum absolute atomic E-state index is 4.71. The monoisotopic (exact) mass is 328 g/mol. The molecule has 0 aliphatic heterocycles. The summed E-state index contributed by atoms with van der Waals surface area (Å²) in [5, 5.41) is 8.14. The van der Waals surface area contributed by atoms with E-state index < -0.39 is 0 Å². The van der Waals surface area contributed by atoms with Gasteiger partial charge in [0.1, 0.15) is 5.82 Å². The summed E-state index contributed by atoms with van der Waals surface area (Å²) in [7, 11) is 0. The highest BCUT2D eigenvalue weighted by Crippen LogP contribution is 2.27. The van der Waals surface area contributed by atoms with Crippen molar-refractivity contribution in [1.29, 1.82) is 0 Å². The Hall–Kier alpha value is -3.14. The Morgan fingerprint density at radius 2 is 1.64 bits per heavy atom. The van der Waals surface area contributed by atoms with Crippen molar-refractivity contribution in [2.45, 2.75) is 19.9 Å². The molecule has 0 bridgehead atoms. The number of nitrogens with zero attached hydrogens (tertiary/aromatic N) is 3. The van der Waals surface area contributed by atoms with E-state index in [0.29, 0.717) is 0 Å². The Kier molecular flexibility index (Phi) is 3.94. The van der Waals surface area contributed by atoms with E-state index in [2.05, 4.69) is 53.7 Å². The van der Waals surface area contributed by atoms with Crippen LogP contribution in [0.5, 0.6) is 0 Å². The summed E-state index contributed by atoms with van der Waals surface area (Å²) >= 11 is 0. The van der Waals surface area contributed by atoms with Gasteiger partial charge in [-0.15, -0.1) is 0 Å². The molecule has 4 heteroatoms. The fourth-order valence-electron chi connectivity index (χ4n) is 3.06. The lowest BCUT2D eigenvalue weighted by Crippen LogP contribution is -2.11. The fraction of sp³-hybridized carbons (Fsp3) is 0.143. The third kappa shape index (κ3) is 2.98. The van der Waals surface area contributed by atoms with E-state index in [0.717, 1.165) is 28.3 Å². The molecule has 4 rings (SSSR count). The Labute approximate surface area is 147 Å². The Morgan fingerprint density at radius 1 is 0.960 bits per heavy atom. The van der Waals surface area contributed by atoms with Gasteiger partial charge in [-0.25, -0.2) is 4.98 Å². The van der Waals surface area contributed by atoms with Crippen LogP contribution in [0.25, 0.3) is 16.8 Å². The van der Waals surface area contributed by atoms with E-state index in [1.807, 2.05) is 48.0 Å². The smallest absolute Gasteiger partial charge is 0.165 e. The van der Waals surface area contributed by atoms with Gasteiger partial charge in [-0.2, -0.15) is 9.61 Å². The first-order valence-corrected chi connectivity index (χ1v) is 8.44. The van der Waals surface area contributed by atoms with Crippen LogP contribution in [-0.2, 0) is 0 Å². The van der Waals surface area contributed by atoms with Gasteiger partial charge in [-0.05, 0) is 25.0 Å². The lowest BCUT2D eigenvalue weighted by Gasteiger charge is -2.17. The number of anilines is 1. The van der Waals surface area contributed by atoms with Crippen LogP contribution in [0.1, 0.15) is 24.2 Å². The Balaban J connectivity index is 1.76. The van der Waals surface area contributed by atoms with Crippen LogP contribution in [0, 0.1) is 6.92 Å². The van der Waals surface area contributed by atoms with E-state index in [4.69, 9.17) is 4.98 Å². The second kappa shape index (κ2) is 6.40. The van der Waals surface area contributed by atoms with Crippen LogP contribution in [0.3, 0.4) is 0 Å². The van der Waals surface area contributed by atoms with E-state index in [-0.39, 0.29) is 6.04 Å². The number of fused-ring (bicyclic) bond motifs is 1. The Morgan fingerprint density at radius 3 is 2.36 bits per heavy atom.